The summed E-state index contributed by atoms with van der Waals surface area (Å²) in [4.78, 5) is 22.3. The second-order valence-corrected chi connectivity index (χ2v) is 12.8. The van der Waals surface area contributed by atoms with Gasteiger partial charge in [0.1, 0.15) is 0 Å². The number of sulfone groups is 1. The van der Waals surface area contributed by atoms with Crippen molar-refractivity contribution in [3.63, 3.8) is 0 Å². The van der Waals surface area contributed by atoms with Gasteiger partial charge in [0.05, 0.1) is 41.9 Å². The van der Waals surface area contributed by atoms with Crippen LogP contribution in [0.15, 0.2) is 63.5 Å². The highest BCUT2D eigenvalue weighted by Crippen LogP contribution is 2.39. The van der Waals surface area contributed by atoms with Crippen molar-refractivity contribution in [3.8, 4) is 5.75 Å². The van der Waals surface area contributed by atoms with Crippen LogP contribution in [-0.2, 0) is 20.3 Å². The first-order valence-corrected chi connectivity index (χ1v) is 15.5. The standard InChI is InChI=1S/C27H28FN7O6S2/c1-16-13-22(33-32-16)29-25-24(40-3)26(34-11-12-41-14-17(34)2)31-27(30-25)42-19-7-9-20(10-8-19)43(38,39)15-18-5-4-6-21(23(18)28)35(36)37/h4-10,13,17H,11-12,14-15H2,1-3H3,(H2,29,30,31,32,33)/t17-/m1/s1. The van der Waals surface area contributed by atoms with Crippen LogP contribution in [0.2, 0.25) is 0 Å². The molecular formula is C27H28FN7O6S2. The van der Waals surface area contributed by atoms with E-state index in [1.165, 1.54) is 36.0 Å². The number of nitrogens with zero attached hydrogens (tertiary/aromatic N) is 5. The number of nitrogens with one attached hydrogen (secondary N) is 2. The Kier molecular flexibility index (Phi) is 8.79. The molecule has 1 aliphatic heterocycles. The van der Waals surface area contributed by atoms with E-state index in [4.69, 9.17) is 14.5 Å². The minimum Gasteiger partial charge on any atom is -0.490 e. The summed E-state index contributed by atoms with van der Waals surface area (Å²) in [5.74, 6) is 0.0637. The SMILES string of the molecule is COc1c(Nc2cc(C)[nH]n2)nc(Sc2ccc(S(=O)(=O)Cc3cccc([N+](=O)[O-])c3F)cc2)nc1N1CCOC[C@H]1C. The smallest absolute Gasteiger partial charge is 0.305 e. The first kappa shape index (κ1) is 30.2. The maximum absolute atomic E-state index is 14.5. The molecule has 43 heavy (non-hydrogen) atoms. The second kappa shape index (κ2) is 12.5. The number of aryl methyl sites for hydroxylation is 1. The predicted octanol–water partition coefficient (Wildman–Crippen LogP) is 4.66. The van der Waals surface area contributed by atoms with Gasteiger partial charge in [-0.05, 0) is 49.9 Å². The third-order valence-electron chi connectivity index (χ3n) is 6.62. The number of H-pyrrole nitrogens is 1. The van der Waals surface area contributed by atoms with Gasteiger partial charge in [-0.3, -0.25) is 15.2 Å². The summed E-state index contributed by atoms with van der Waals surface area (Å²) in [6.07, 6.45) is 0. The Bertz CT molecular complexity index is 1750. The molecule has 2 aromatic carbocycles. The monoisotopic (exact) mass is 629 g/mol. The summed E-state index contributed by atoms with van der Waals surface area (Å²) < 4.78 is 51.9. The molecule has 16 heteroatoms. The second-order valence-electron chi connectivity index (χ2n) is 9.73. The maximum Gasteiger partial charge on any atom is 0.305 e. The normalized spacial score (nSPS) is 15.3. The molecule has 226 valence electrons. The van der Waals surface area contributed by atoms with Gasteiger partial charge in [-0.25, -0.2) is 18.4 Å². The Morgan fingerprint density at radius 1 is 1.26 bits per heavy atom. The third kappa shape index (κ3) is 6.71. The number of hydrogen-bond donors (Lipinski definition) is 2. The van der Waals surface area contributed by atoms with Crippen molar-refractivity contribution in [2.75, 3.05) is 37.1 Å². The van der Waals surface area contributed by atoms with Crippen molar-refractivity contribution in [1.82, 2.24) is 20.2 Å². The van der Waals surface area contributed by atoms with E-state index < -0.39 is 32.0 Å². The number of ether oxygens (including phenoxy) is 2. The quantitative estimate of drug-likeness (QED) is 0.142. The van der Waals surface area contributed by atoms with E-state index in [0.717, 1.165) is 11.8 Å². The van der Waals surface area contributed by atoms with E-state index in [2.05, 4.69) is 25.4 Å². The average Bonchev–Trinajstić information content (AvgIpc) is 3.38. The summed E-state index contributed by atoms with van der Waals surface area (Å²) in [5, 5.41) is 21.7. The number of methoxy groups -OCH3 is 1. The van der Waals surface area contributed by atoms with Crippen LogP contribution >= 0.6 is 11.8 Å². The highest BCUT2D eigenvalue weighted by atomic mass is 32.2. The molecule has 3 heterocycles. The topological polar surface area (TPSA) is 165 Å². The number of aromatic amines is 1. The average molecular weight is 630 g/mol. The molecule has 0 bridgehead atoms. The number of rotatable bonds is 10. The fourth-order valence-corrected chi connectivity index (χ4v) is 6.61. The molecule has 0 radical (unpaired) electrons. The molecule has 2 aromatic heterocycles. The minimum atomic E-state index is -4.00. The van der Waals surface area contributed by atoms with Crippen LogP contribution in [0.3, 0.4) is 0 Å². The lowest BCUT2D eigenvalue weighted by Crippen LogP contribution is -2.44. The van der Waals surface area contributed by atoms with Gasteiger partial charge in [-0.1, -0.05) is 12.1 Å². The Morgan fingerprint density at radius 3 is 2.67 bits per heavy atom. The van der Waals surface area contributed by atoms with Gasteiger partial charge in [0.15, 0.2) is 32.4 Å². The molecule has 0 amide bonds. The van der Waals surface area contributed by atoms with Gasteiger partial charge in [0.2, 0.25) is 11.6 Å². The number of benzene rings is 2. The number of nitro benzene ring substituents is 1. The lowest BCUT2D eigenvalue weighted by atomic mass is 10.2. The van der Waals surface area contributed by atoms with E-state index in [1.807, 2.05) is 19.9 Å². The van der Waals surface area contributed by atoms with Gasteiger partial charge in [0.25, 0.3) is 0 Å². The number of hydrogen-bond acceptors (Lipinski definition) is 12. The Balaban J connectivity index is 1.43. The number of aromatic nitrogens is 4. The van der Waals surface area contributed by atoms with E-state index in [-0.39, 0.29) is 16.5 Å². The van der Waals surface area contributed by atoms with E-state index >= 15 is 0 Å². The fourth-order valence-electron chi connectivity index (χ4n) is 4.50. The van der Waals surface area contributed by atoms with Crippen molar-refractivity contribution in [2.45, 2.75) is 40.6 Å². The van der Waals surface area contributed by atoms with Crippen molar-refractivity contribution in [1.29, 1.82) is 0 Å². The molecular weight excluding hydrogens is 601 g/mol. The highest BCUT2D eigenvalue weighted by Gasteiger charge is 2.28. The van der Waals surface area contributed by atoms with E-state index in [9.17, 15) is 22.9 Å². The largest absolute Gasteiger partial charge is 0.490 e. The number of nitro groups is 1. The van der Waals surface area contributed by atoms with Crippen LogP contribution in [0.4, 0.5) is 27.5 Å². The lowest BCUT2D eigenvalue weighted by Gasteiger charge is -2.35. The van der Waals surface area contributed by atoms with Crippen molar-refractivity contribution in [2.24, 2.45) is 0 Å². The number of anilines is 3. The lowest BCUT2D eigenvalue weighted by molar-refractivity contribution is -0.387. The van der Waals surface area contributed by atoms with Crippen LogP contribution in [0, 0.1) is 22.9 Å². The van der Waals surface area contributed by atoms with E-state index in [0.29, 0.717) is 53.0 Å². The summed E-state index contributed by atoms with van der Waals surface area (Å²) in [5.41, 5.74) is -0.201. The molecule has 4 aromatic rings. The zero-order valence-corrected chi connectivity index (χ0v) is 25.0. The Hall–Kier alpha value is -4.28. The van der Waals surface area contributed by atoms with Crippen molar-refractivity contribution in [3.05, 3.63) is 75.7 Å². The molecule has 5 rings (SSSR count). The molecule has 0 saturated carbocycles. The van der Waals surface area contributed by atoms with E-state index in [1.54, 1.807) is 19.2 Å². The van der Waals surface area contributed by atoms with Gasteiger partial charge < -0.3 is 19.7 Å². The van der Waals surface area contributed by atoms with Crippen LogP contribution in [-0.4, -0.2) is 66.4 Å². The molecule has 1 saturated heterocycles. The fraction of sp³-hybridized carbons (Fsp3) is 0.296. The van der Waals surface area contributed by atoms with Crippen molar-refractivity contribution >= 4 is 44.7 Å². The van der Waals surface area contributed by atoms with Crippen LogP contribution in [0.1, 0.15) is 18.2 Å². The van der Waals surface area contributed by atoms with Gasteiger partial charge in [-0.2, -0.15) is 9.49 Å². The Morgan fingerprint density at radius 2 is 2.02 bits per heavy atom. The summed E-state index contributed by atoms with van der Waals surface area (Å²) in [7, 11) is -2.46. The predicted molar refractivity (Wildman–Crippen MR) is 157 cm³/mol. The molecule has 0 spiro atoms. The summed E-state index contributed by atoms with van der Waals surface area (Å²) in [6, 6.07) is 11.3. The summed E-state index contributed by atoms with van der Waals surface area (Å²) in [6.45, 7) is 5.54. The van der Waals surface area contributed by atoms with Gasteiger partial charge in [-0.15, -0.1) is 0 Å². The molecule has 0 aliphatic carbocycles. The minimum absolute atomic E-state index is 0.0243. The zero-order valence-electron chi connectivity index (χ0n) is 23.4. The van der Waals surface area contributed by atoms with Crippen molar-refractivity contribution < 1.29 is 27.2 Å². The molecule has 1 atom stereocenters. The Labute approximate surface area is 250 Å². The molecule has 13 nitrogen and oxygen atoms in total. The van der Waals surface area contributed by atoms with Gasteiger partial charge in [0, 0.05) is 34.8 Å². The molecule has 1 fully saturated rings. The van der Waals surface area contributed by atoms with Crippen LogP contribution < -0.4 is 15.0 Å². The highest BCUT2D eigenvalue weighted by molar-refractivity contribution is 7.99. The molecule has 1 aliphatic rings. The maximum atomic E-state index is 14.5. The third-order valence-corrected chi connectivity index (χ3v) is 9.17. The first-order chi connectivity index (χ1) is 20.6. The van der Waals surface area contributed by atoms with Gasteiger partial charge >= 0.3 is 5.69 Å². The first-order valence-electron chi connectivity index (χ1n) is 13.1. The van der Waals surface area contributed by atoms with Crippen LogP contribution in [0.25, 0.3) is 0 Å². The summed E-state index contributed by atoms with van der Waals surface area (Å²) >= 11 is 1.21. The number of morpholine rings is 1. The molecule has 2 N–H and O–H groups in total. The molecule has 0 unspecified atom stereocenters. The zero-order chi connectivity index (χ0) is 30.7. The number of halogens is 1. The van der Waals surface area contributed by atoms with Crippen LogP contribution in [0.5, 0.6) is 5.75 Å².